The maximum absolute atomic E-state index is 15.2. The van der Waals surface area contributed by atoms with Crippen LogP contribution in [0.1, 0.15) is 12.1 Å². The van der Waals surface area contributed by atoms with Crippen molar-refractivity contribution in [1.82, 2.24) is 9.47 Å². The minimum atomic E-state index is -4.52. The molecule has 3 atom stereocenters. The van der Waals surface area contributed by atoms with E-state index in [0.29, 0.717) is 35.2 Å². The lowest BCUT2D eigenvalue weighted by Gasteiger charge is -2.36. The number of piperidine rings is 1. The first-order valence-corrected chi connectivity index (χ1v) is 15.3. The third-order valence-corrected chi connectivity index (χ3v) is 8.07. The van der Waals surface area contributed by atoms with Crippen molar-refractivity contribution in [2.75, 3.05) is 57.6 Å². The van der Waals surface area contributed by atoms with Gasteiger partial charge in [0.1, 0.15) is 18.5 Å². The van der Waals surface area contributed by atoms with Crippen molar-refractivity contribution >= 4 is 32.3 Å². The molecule has 1 saturated heterocycles. The second kappa shape index (κ2) is 14.0. The molecule has 3 aromatic rings. The molecule has 2 aromatic carbocycles. The predicted molar refractivity (Wildman–Crippen MR) is 159 cm³/mol. The molecule has 0 radical (unpaired) electrons. The van der Waals surface area contributed by atoms with E-state index in [1.54, 1.807) is 24.3 Å². The fourth-order valence-electron chi connectivity index (χ4n) is 5.17. The summed E-state index contributed by atoms with van der Waals surface area (Å²) in [4.78, 5) is 1.68. The molecule has 0 saturated carbocycles. The van der Waals surface area contributed by atoms with Crippen LogP contribution in [0.25, 0.3) is 10.9 Å². The maximum Gasteiger partial charge on any atom is 0.406 e. The van der Waals surface area contributed by atoms with Gasteiger partial charge < -0.3 is 29.8 Å². The van der Waals surface area contributed by atoms with Crippen LogP contribution in [-0.2, 0) is 21.3 Å². The van der Waals surface area contributed by atoms with Crippen LogP contribution in [0, 0.1) is 11.8 Å². The van der Waals surface area contributed by atoms with E-state index >= 15 is 4.39 Å². The van der Waals surface area contributed by atoms with Gasteiger partial charge in [-0.05, 0) is 42.7 Å². The highest BCUT2D eigenvalue weighted by Crippen LogP contribution is 2.32. The molecule has 4 rings (SSSR count). The SMILES string of the molecule is COCC(O)CN1CC[C@@H](Nc2cccc3c2cc(C#CCNc2ccc(S(N)(=O)=O)cc2OC)n3CC(F)(F)F)[C@@H](F)C1. The van der Waals surface area contributed by atoms with Crippen molar-refractivity contribution < 1.29 is 40.6 Å². The zero-order chi connectivity index (χ0) is 32.1. The number of ether oxygens (including phenoxy) is 2. The number of aliphatic hydroxyl groups is 1. The molecule has 1 fully saturated rings. The fourth-order valence-corrected chi connectivity index (χ4v) is 5.70. The molecule has 2 heterocycles. The number of sulfonamides is 1. The number of likely N-dealkylation sites (tertiary alicyclic amines) is 1. The van der Waals surface area contributed by atoms with Gasteiger partial charge in [0.05, 0.1) is 54.2 Å². The highest BCUT2D eigenvalue weighted by atomic mass is 32.2. The highest BCUT2D eigenvalue weighted by molar-refractivity contribution is 7.89. The number of aromatic nitrogens is 1. The summed E-state index contributed by atoms with van der Waals surface area (Å²) in [6.45, 7) is -0.206. The Labute approximate surface area is 253 Å². The molecule has 5 N–H and O–H groups in total. The number of anilines is 2. The van der Waals surface area contributed by atoms with Crippen molar-refractivity contribution in [3.8, 4) is 17.6 Å². The first-order valence-electron chi connectivity index (χ1n) is 13.7. The number of alkyl halides is 4. The molecule has 1 aliphatic heterocycles. The van der Waals surface area contributed by atoms with Gasteiger partial charge in [-0.3, -0.25) is 4.90 Å². The van der Waals surface area contributed by atoms with Gasteiger partial charge in [0.25, 0.3) is 0 Å². The molecule has 240 valence electrons. The summed E-state index contributed by atoms with van der Waals surface area (Å²) in [6.07, 6.45) is -6.09. The normalized spacial score (nSPS) is 18.5. The highest BCUT2D eigenvalue weighted by Gasteiger charge is 2.32. The molecule has 0 amide bonds. The van der Waals surface area contributed by atoms with E-state index < -0.39 is 41.1 Å². The molecule has 1 aromatic heterocycles. The summed E-state index contributed by atoms with van der Waals surface area (Å²) in [6, 6.07) is 9.81. The number of hydrogen-bond acceptors (Lipinski definition) is 8. The van der Waals surface area contributed by atoms with Crippen molar-refractivity contribution in [3.63, 3.8) is 0 Å². The molecule has 1 aliphatic rings. The Kier molecular flexibility index (Phi) is 10.6. The van der Waals surface area contributed by atoms with E-state index in [0.717, 1.165) is 4.57 Å². The topological polar surface area (TPSA) is 131 Å². The van der Waals surface area contributed by atoms with Gasteiger partial charge in [-0.2, -0.15) is 13.2 Å². The van der Waals surface area contributed by atoms with Crippen LogP contribution in [0.2, 0.25) is 0 Å². The Bertz CT molecular complexity index is 1620. The van der Waals surface area contributed by atoms with Crippen molar-refractivity contribution in [1.29, 1.82) is 0 Å². The van der Waals surface area contributed by atoms with Crippen LogP contribution in [0.4, 0.5) is 28.9 Å². The van der Waals surface area contributed by atoms with E-state index in [4.69, 9.17) is 14.6 Å². The molecular formula is C29H35F4N5O5S. The number of rotatable bonds is 11. The van der Waals surface area contributed by atoms with Crippen LogP contribution in [0.3, 0.4) is 0 Å². The van der Waals surface area contributed by atoms with Gasteiger partial charge in [0, 0.05) is 43.9 Å². The molecule has 10 nitrogen and oxygen atoms in total. The molecule has 0 bridgehead atoms. The number of nitrogens with one attached hydrogen (secondary N) is 2. The van der Waals surface area contributed by atoms with Crippen molar-refractivity contribution in [3.05, 3.63) is 48.2 Å². The average molecular weight is 642 g/mol. The molecule has 0 spiro atoms. The summed E-state index contributed by atoms with van der Waals surface area (Å²) in [7, 11) is -1.12. The van der Waals surface area contributed by atoms with Gasteiger partial charge in [0.2, 0.25) is 10.0 Å². The molecule has 0 aliphatic carbocycles. The summed E-state index contributed by atoms with van der Waals surface area (Å²) in [5, 5.41) is 21.8. The number of β-amino-alcohol motifs (C(OH)–C–C–N with tert-alkyl or cyclic N) is 1. The zero-order valence-electron chi connectivity index (χ0n) is 24.2. The number of aliphatic hydroxyl groups excluding tert-OH is 1. The summed E-state index contributed by atoms with van der Waals surface area (Å²) >= 11 is 0. The lowest BCUT2D eigenvalue weighted by Crippen LogP contribution is -2.50. The van der Waals surface area contributed by atoms with E-state index in [2.05, 4.69) is 22.5 Å². The number of primary sulfonamides is 1. The van der Waals surface area contributed by atoms with E-state index in [9.17, 15) is 26.7 Å². The third-order valence-electron chi connectivity index (χ3n) is 7.16. The van der Waals surface area contributed by atoms with Crippen molar-refractivity contribution in [2.45, 2.75) is 42.4 Å². The van der Waals surface area contributed by atoms with Crippen LogP contribution in [0.5, 0.6) is 5.75 Å². The zero-order valence-corrected chi connectivity index (χ0v) is 25.0. The van der Waals surface area contributed by atoms with Gasteiger partial charge in [-0.15, -0.1) is 0 Å². The second-order valence-electron chi connectivity index (χ2n) is 10.5. The molecular weight excluding hydrogens is 606 g/mol. The Hall–Kier alpha value is -3.55. The molecule has 15 heteroatoms. The van der Waals surface area contributed by atoms with E-state index in [1.807, 2.05) is 4.90 Å². The standard InChI is InChI=1S/C29H35F4N5O5S/c1-42-17-20(39)15-37-12-10-25(23(30)16-37)36-24-6-3-7-27-22(24)13-19(38(27)18-29(31,32)33)5-4-11-35-26-9-8-21(44(34,40)41)14-28(26)43-2/h3,6-9,13-14,20,23,25,35-36,39H,10-12,15-18H2,1-2H3,(H2,34,40,41)/t20?,23-,25+/m0/s1. The quantitative estimate of drug-likeness (QED) is 0.186. The van der Waals surface area contributed by atoms with Gasteiger partial charge in [0.15, 0.2) is 0 Å². The van der Waals surface area contributed by atoms with E-state index in [-0.39, 0.29) is 42.6 Å². The van der Waals surface area contributed by atoms with Crippen LogP contribution >= 0.6 is 0 Å². The number of methoxy groups -OCH3 is 2. The predicted octanol–water partition coefficient (Wildman–Crippen LogP) is 3.15. The van der Waals surface area contributed by atoms with Gasteiger partial charge in [-0.1, -0.05) is 12.0 Å². The first-order chi connectivity index (χ1) is 20.8. The summed E-state index contributed by atoms with van der Waals surface area (Å²) < 4.78 is 90.4. The average Bonchev–Trinajstić information content (AvgIpc) is 3.28. The number of benzene rings is 2. The number of halogens is 4. The minimum Gasteiger partial charge on any atom is -0.495 e. The summed E-state index contributed by atoms with van der Waals surface area (Å²) in [5.74, 6) is 5.80. The Morgan fingerprint density at radius 3 is 2.61 bits per heavy atom. The summed E-state index contributed by atoms with van der Waals surface area (Å²) in [5.41, 5.74) is 1.31. The number of fused-ring (bicyclic) bond motifs is 1. The molecule has 44 heavy (non-hydrogen) atoms. The smallest absolute Gasteiger partial charge is 0.406 e. The van der Waals surface area contributed by atoms with Crippen LogP contribution in [-0.4, -0.2) is 94.5 Å². The van der Waals surface area contributed by atoms with E-state index in [1.165, 1.54) is 32.4 Å². The lowest BCUT2D eigenvalue weighted by molar-refractivity contribution is -0.140. The third kappa shape index (κ3) is 8.54. The Morgan fingerprint density at radius 2 is 1.95 bits per heavy atom. The van der Waals surface area contributed by atoms with Crippen LogP contribution in [0.15, 0.2) is 47.4 Å². The fraction of sp³-hybridized carbons (Fsp3) is 0.448. The van der Waals surface area contributed by atoms with Gasteiger partial charge in [-0.25, -0.2) is 17.9 Å². The van der Waals surface area contributed by atoms with Gasteiger partial charge >= 0.3 is 6.18 Å². The van der Waals surface area contributed by atoms with Crippen LogP contribution < -0.4 is 20.5 Å². The lowest BCUT2D eigenvalue weighted by atomic mass is 10.0. The Balaban J connectivity index is 1.54. The Morgan fingerprint density at radius 1 is 1.18 bits per heavy atom. The number of nitrogens with zero attached hydrogens (tertiary/aromatic N) is 2. The number of nitrogens with two attached hydrogens (primary N) is 1. The molecule has 1 unspecified atom stereocenters. The second-order valence-corrected chi connectivity index (χ2v) is 12.0. The largest absolute Gasteiger partial charge is 0.495 e. The minimum absolute atomic E-state index is 0.00488. The first kappa shape index (κ1) is 33.3. The maximum atomic E-state index is 15.2. The monoisotopic (exact) mass is 641 g/mol. The van der Waals surface area contributed by atoms with Crippen molar-refractivity contribution in [2.24, 2.45) is 5.14 Å². The number of hydrogen-bond donors (Lipinski definition) is 4.